The number of rotatable bonds is 7. The number of hydrogen-bond acceptors (Lipinski definition) is 3. The highest BCUT2D eigenvalue weighted by atomic mass is 16.6. The molecule has 0 spiro atoms. The van der Waals surface area contributed by atoms with E-state index in [1.54, 1.807) is 6.07 Å². The van der Waals surface area contributed by atoms with Gasteiger partial charge in [0.15, 0.2) is 0 Å². The van der Waals surface area contributed by atoms with Crippen LogP contribution in [0.4, 0.5) is 10.6 Å². The molecule has 28 heavy (non-hydrogen) atoms. The summed E-state index contributed by atoms with van der Waals surface area (Å²) in [6.45, 7) is 11.8. The Labute approximate surface area is 168 Å². The molecule has 1 aromatic carbocycles. The molecule has 0 fully saturated rings. The van der Waals surface area contributed by atoms with E-state index in [-0.39, 0.29) is 5.41 Å². The number of aromatic hydroxyl groups is 1. The lowest BCUT2D eigenvalue weighted by Crippen LogP contribution is -2.29. The van der Waals surface area contributed by atoms with Crippen LogP contribution >= 0.6 is 0 Å². The Morgan fingerprint density at radius 3 is 2.29 bits per heavy atom. The summed E-state index contributed by atoms with van der Waals surface area (Å²) in [6.07, 6.45) is 3.51. The van der Waals surface area contributed by atoms with Gasteiger partial charge in [0.2, 0.25) is 0 Å². The van der Waals surface area contributed by atoms with Crippen LogP contribution in [0.1, 0.15) is 77.1 Å². The average Bonchev–Trinajstić information content (AvgIpc) is 3.04. The second-order valence-electron chi connectivity index (χ2n) is 8.50. The third-order valence-corrected chi connectivity index (χ3v) is 4.94. The van der Waals surface area contributed by atoms with E-state index in [1.165, 1.54) is 5.56 Å². The lowest BCUT2D eigenvalue weighted by molar-refractivity contribution is 0.0635. The first-order valence-corrected chi connectivity index (χ1v) is 10.1. The van der Waals surface area contributed by atoms with Gasteiger partial charge >= 0.3 is 6.09 Å². The van der Waals surface area contributed by atoms with E-state index in [9.17, 15) is 9.90 Å². The molecule has 5 heteroatoms. The number of benzene rings is 1. The number of carbonyl (C=O) groups excluding carboxylic acids is 1. The molecule has 0 saturated carbocycles. The van der Waals surface area contributed by atoms with E-state index >= 15 is 0 Å². The largest absolute Gasteiger partial charge is 0.508 e. The molecule has 2 rings (SSSR count). The van der Waals surface area contributed by atoms with Crippen LogP contribution in [0.15, 0.2) is 30.3 Å². The lowest BCUT2D eigenvalue weighted by atomic mass is 9.70. The Balaban J connectivity index is 2.40. The first-order valence-electron chi connectivity index (χ1n) is 10.1. The number of amides is 1. The van der Waals surface area contributed by atoms with Crippen molar-refractivity contribution in [3.8, 4) is 5.75 Å². The molecule has 5 nitrogen and oxygen atoms in total. The molecule has 0 aliphatic heterocycles. The summed E-state index contributed by atoms with van der Waals surface area (Å²) in [7, 11) is 0. The molecular formula is C23H34N2O3. The minimum Gasteiger partial charge on any atom is -0.508 e. The zero-order chi connectivity index (χ0) is 20.9. The number of nitrogens with one attached hydrogen (secondary N) is 2. The van der Waals surface area contributed by atoms with Crippen molar-refractivity contribution in [3.05, 3.63) is 47.2 Å². The molecule has 0 atom stereocenters. The molecule has 0 aliphatic carbocycles. The predicted molar refractivity (Wildman–Crippen MR) is 114 cm³/mol. The van der Waals surface area contributed by atoms with Crippen molar-refractivity contribution in [2.75, 3.05) is 5.32 Å². The van der Waals surface area contributed by atoms with Crippen LogP contribution in [-0.4, -0.2) is 21.8 Å². The summed E-state index contributed by atoms with van der Waals surface area (Å²) in [4.78, 5) is 15.5. The summed E-state index contributed by atoms with van der Waals surface area (Å²) < 4.78 is 5.35. The fourth-order valence-corrected chi connectivity index (χ4v) is 3.81. The van der Waals surface area contributed by atoms with E-state index in [4.69, 9.17) is 4.74 Å². The highest BCUT2D eigenvalue weighted by molar-refractivity contribution is 5.83. The lowest BCUT2D eigenvalue weighted by Gasteiger charge is -2.34. The first kappa shape index (κ1) is 21.9. The molecule has 0 unspecified atom stereocenters. The summed E-state index contributed by atoms with van der Waals surface area (Å²) in [5.74, 6) is 0.931. The zero-order valence-electron chi connectivity index (χ0n) is 18.0. The summed E-state index contributed by atoms with van der Waals surface area (Å²) in [6, 6.07) is 9.78. The number of anilines is 1. The second-order valence-corrected chi connectivity index (χ2v) is 8.50. The number of aryl methyl sites for hydroxylation is 1. The van der Waals surface area contributed by atoms with Crippen molar-refractivity contribution in [1.82, 2.24) is 4.98 Å². The zero-order valence-corrected chi connectivity index (χ0v) is 18.0. The molecule has 0 radical (unpaired) electrons. The Morgan fingerprint density at radius 1 is 1.11 bits per heavy atom. The van der Waals surface area contributed by atoms with Gasteiger partial charge in [0.05, 0.1) is 0 Å². The molecule has 1 heterocycles. The van der Waals surface area contributed by atoms with E-state index in [0.29, 0.717) is 11.6 Å². The normalized spacial score (nSPS) is 12.1. The van der Waals surface area contributed by atoms with Crippen LogP contribution in [0.25, 0.3) is 0 Å². The van der Waals surface area contributed by atoms with Gasteiger partial charge in [-0.15, -0.1) is 0 Å². The van der Waals surface area contributed by atoms with Gasteiger partial charge in [-0.2, -0.15) is 0 Å². The van der Waals surface area contributed by atoms with Crippen LogP contribution in [0, 0.1) is 6.92 Å². The fourth-order valence-electron chi connectivity index (χ4n) is 3.81. The molecule has 3 N–H and O–H groups in total. The topological polar surface area (TPSA) is 74.3 Å². The van der Waals surface area contributed by atoms with Crippen molar-refractivity contribution < 1.29 is 14.6 Å². The van der Waals surface area contributed by atoms with Crippen molar-refractivity contribution in [2.24, 2.45) is 0 Å². The van der Waals surface area contributed by atoms with Crippen molar-refractivity contribution in [3.63, 3.8) is 0 Å². The van der Waals surface area contributed by atoms with E-state index in [2.05, 4.69) is 30.2 Å². The summed E-state index contributed by atoms with van der Waals surface area (Å²) in [5.41, 5.74) is 2.37. The number of hydrogen-bond donors (Lipinski definition) is 3. The number of ether oxygens (including phenoxy) is 1. The van der Waals surface area contributed by atoms with Gasteiger partial charge in [-0.05, 0) is 69.9 Å². The van der Waals surface area contributed by atoms with Crippen LogP contribution < -0.4 is 5.32 Å². The van der Waals surface area contributed by atoms with E-state index < -0.39 is 11.7 Å². The molecule has 2 aromatic rings. The van der Waals surface area contributed by atoms with Gasteiger partial charge in [-0.25, -0.2) is 4.79 Å². The van der Waals surface area contributed by atoms with Gasteiger partial charge in [0, 0.05) is 11.1 Å². The standard InChI is InChI=1S/C23H34N2O3/c1-7-13-23(14-8-2,17-9-10-18(26)16(3)15-17)19-11-12-20(24-19)25-21(27)28-22(4,5)6/h9-12,15,24,26H,7-8,13-14H2,1-6H3,(H,25,27). The molecule has 0 saturated heterocycles. The number of phenols is 1. The minimum atomic E-state index is -0.544. The van der Waals surface area contributed by atoms with Crippen LogP contribution in [-0.2, 0) is 10.2 Å². The third-order valence-electron chi connectivity index (χ3n) is 4.94. The third kappa shape index (κ3) is 5.09. The van der Waals surface area contributed by atoms with Gasteiger partial charge in [0.25, 0.3) is 0 Å². The maximum Gasteiger partial charge on any atom is 0.413 e. The monoisotopic (exact) mass is 386 g/mol. The Bertz CT molecular complexity index is 796. The van der Waals surface area contributed by atoms with Crippen molar-refractivity contribution >= 4 is 11.9 Å². The average molecular weight is 387 g/mol. The van der Waals surface area contributed by atoms with E-state index in [1.807, 2.05) is 45.9 Å². The molecule has 1 amide bonds. The molecular weight excluding hydrogens is 352 g/mol. The maximum absolute atomic E-state index is 12.1. The van der Waals surface area contributed by atoms with Crippen LogP contribution in [0.5, 0.6) is 5.75 Å². The number of carbonyl (C=O) groups is 1. The quantitative estimate of drug-likeness (QED) is 0.525. The minimum absolute atomic E-state index is 0.199. The maximum atomic E-state index is 12.1. The van der Waals surface area contributed by atoms with Gasteiger partial charge in [-0.1, -0.05) is 38.8 Å². The fraction of sp³-hybridized carbons (Fsp3) is 0.522. The number of aromatic amines is 1. The Morgan fingerprint density at radius 2 is 1.75 bits per heavy atom. The molecule has 1 aromatic heterocycles. The van der Waals surface area contributed by atoms with Crippen LogP contribution in [0.3, 0.4) is 0 Å². The molecule has 0 bridgehead atoms. The predicted octanol–water partition coefficient (Wildman–Crippen LogP) is 6.26. The van der Waals surface area contributed by atoms with Crippen LogP contribution in [0.2, 0.25) is 0 Å². The highest BCUT2D eigenvalue weighted by Gasteiger charge is 2.34. The number of phenolic OH excluding ortho intramolecular Hbond substituents is 1. The SMILES string of the molecule is CCCC(CCC)(c1ccc(O)c(C)c1)c1ccc(NC(=O)OC(C)(C)C)[nH]1. The number of aromatic nitrogens is 1. The van der Waals surface area contributed by atoms with Gasteiger partial charge in [0.1, 0.15) is 17.2 Å². The first-order chi connectivity index (χ1) is 13.1. The molecule has 0 aliphatic rings. The molecule has 154 valence electrons. The van der Waals surface area contributed by atoms with Crippen molar-refractivity contribution in [1.29, 1.82) is 0 Å². The Hall–Kier alpha value is -2.43. The van der Waals surface area contributed by atoms with Gasteiger partial charge in [-0.3, -0.25) is 5.32 Å². The Kier molecular flexibility index (Phi) is 6.81. The number of H-pyrrole nitrogens is 1. The second kappa shape index (κ2) is 8.72. The smallest absolute Gasteiger partial charge is 0.413 e. The summed E-state index contributed by atoms with van der Waals surface area (Å²) >= 11 is 0. The van der Waals surface area contributed by atoms with E-state index in [0.717, 1.165) is 36.9 Å². The van der Waals surface area contributed by atoms with Crippen molar-refractivity contribution in [2.45, 2.75) is 78.2 Å². The highest BCUT2D eigenvalue weighted by Crippen LogP contribution is 2.42. The van der Waals surface area contributed by atoms with Gasteiger partial charge < -0.3 is 14.8 Å². The summed E-state index contributed by atoms with van der Waals surface area (Å²) in [5, 5.41) is 12.8.